The van der Waals surface area contributed by atoms with E-state index in [9.17, 15) is 9.90 Å². The molecule has 2 aliphatic rings. The van der Waals surface area contributed by atoms with Crippen molar-refractivity contribution in [3.63, 3.8) is 0 Å². The number of amides is 1. The highest BCUT2D eigenvalue weighted by atomic mass is 32.2. The maximum atomic E-state index is 13.7. The normalized spacial score (nSPS) is 32.7. The Kier molecular flexibility index (Phi) is 12.8. The van der Waals surface area contributed by atoms with E-state index in [1.807, 2.05) is 13.3 Å². The molecular formula is C27H58N2O6SSi3. The molecule has 2 saturated heterocycles. The van der Waals surface area contributed by atoms with Gasteiger partial charge in [0, 0.05) is 6.54 Å². The van der Waals surface area contributed by atoms with Crippen LogP contribution in [0.5, 0.6) is 0 Å². The third-order valence-electron chi connectivity index (χ3n) is 7.05. The molecule has 12 heteroatoms. The van der Waals surface area contributed by atoms with E-state index in [4.69, 9.17) is 18.0 Å². The van der Waals surface area contributed by atoms with Gasteiger partial charge in [-0.15, -0.1) is 11.8 Å². The lowest BCUT2D eigenvalue weighted by Crippen LogP contribution is -2.69. The van der Waals surface area contributed by atoms with Gasteiger partial charge in [-0.1, -0.05) is 13.3 Å². The van der Waals surface area contributed by atoms with Crippen LogP contribution in [0.25, 0.3) is 0 Å². The van der Waals surface area contributed by atoms with E-state index in [2.05, 4.69) is 76.1 Å². The molecule has 2 rings (SSSR count). The first-order chi connectivity index (χ1) is 17.8. The van der Waals surface area contributed by atoms with Crippen LogP contribution in [0.2, 0.25) is 58.9 Å². The number of aliphatic hydroxyl groups is 1. The molecule has 1 amide bonds. The van der Waals surface area contributed by atoms with Gasteiger partial charge < -0.3 is 28.4 Å². The molecule has 9 atom stereocenters. The van der Waals surface area contributed by atoms with E-state index in [0.29, 0.717) is 5.92 Å². The van der Waals surface area contributed by atoms with Crippen molar-refractivity contribution in [2.45, 2.75) is 140 Å². The number of likely N-dealkylation sites (N-methyl/N-ethyl adjacent to an activating group) is 1. The molecule has 230 valence electrons. The fourth-order valence-electron chi connectivity index (χ4n) is 5.70. The summed E-state index contributed by atoms with van der Waals surface area (Å²) in [6, 6.07) is -0.858. The number of hydrogen-bond donors (Lipinski definition) is 2. The first-order valence-electron chi connectivity index (χ1n) is 14.7. The van der Waals surface area contributed by atoms with Crippen molar-refractivity contribution in [1.29, 1.82) is 0 Å². The molecule has 2 N–H and O–H groups in total. The maximum absolute atomic E-state index is 13.7. The molecule has 39 heavy (non-hydrogen) atoms. The number of nitrogens with zero attached hydrogens (tertiary/aromatic N) is 1. The number of likely N-dealkylation sites (tertiary alicyclic amines) is 1. The van der Waals surface area contributed by atoms with Crippen LogP contribution >= 0.6 is 11.8 Å². The summed E-state index contributed by atoms with van der Waals surface area (Å²) < 4.78 is 27.3. The topological polar surface area (TPSA) is 89.5 Å². The fraction of sp³-hybridized carbons (Fsp3) is 0.963. The molecule has 0 aromatic rings. The van der Waals surface area contributed by atoms with Crippen LogP contribution in [0.1, 0.15) is 33.1 Å². The van der Waals surface area contributed by atoms with Gasteiger partial charge >= 0.3 is 0 Å². The third-order valence-corrected chi connectivity index (χ3v) is 10.8. The van der Waals surface area contributed by atoms with E-state index in [-0.39, 0.29) is 29.6 Å². The Morgan fingerprint density at radius 2 is 1.51 bits per heavy atom. The Bertz CT molecular complexity index is 789. The quantitative estimate of drug-likeness (QED) is 0.285. The number of carbonyl (C=O) groups excluding carboxylic acids is 1. The number of thioether (sulfide) groups is 1. The molecular weight excluding hydrogens is 565 g/mol. The van der Waals surface area contributed by atoms with Crippen LogP contribution in [-0.4, -0.2) is 109 Å². The van der Waals surface area contributed by atoms with E-state index >= 15 is 0 Å². The minimum absolute atomic E-state index is 0.0544. The zero-order valence-corrected chi connectivity index (χ0v) is 30.7. The second-order valence-electron chi connectivity index (χ2n) is 14.4. The minimum Gasteiger partial charge on any atom is -0.409 e. The Balaban J connectivity index is 2.49. The van der Waals surface area contributed by atoms with Gasteiger partial charge in [0.2, 0.25) is 5.91 Å². The van der Waals surface area contributed by atoms with Crippen molar-refractivity contribution in [1.82, 2.24) is 10.2 Å². The largest absolute Gasteiger partial charge is 0.409 e. The molecule has 0 aromatic carbocycles. The minimum atomic E-state index is -2.10. The zero-order valence-electron chi connectivity index (χ0n) is 26.9. The summed E-state index contributed by atoms with van der Waals surface area (Å²) in [6.07, 6.45) is 2.51. The maximum Gasteiger partial charge on any atom is 0.237 e. The molecule has 0 spiro atoms. The highest BCUT2D eigenvalue weighted by Gasteiger charge is 2.54. The van der Waals surface area contributed by atoms with Crippen molar-refractivity contribution in [2.75, 3.05) is 19.8 Å². The standard InChI is InChI=1S/C27H58N2O6SSi3/c1-14-15-19-16-20(29(3)17-19)26(31)28-21(18(2)30)22-23(33-37(5,6)7)24(34-38(8,9)10)25(27(32-22)36-4)35-39(11,12)13/h18-25,27,30H,14-17H2,1-13H3,(H,28,31)/t18-,19-,20+,21-,22-,23?,24?,25?,27?/m1/s1. The van der Waals surface area contributed by atoms with Crippen LogP contribution in [0.3, 0.4) is 0 Å². The lowest BCUT2D eigenvalue weighted by atomic mass is 9.91. The molecule has 8 nitrogen and oxygen atoms in total. The molecule has 0 aromatic heterocycles. The van der Waals surface area contributed by atoms with Crippen molar-refractivity contribution < 1.29 is 27.9 Å². The van der Waals surface area contributed by atoms with Gasteiger partial charge in [0.25, 0.3) is 0 Å². The lowest BCUT2D eigenvalue weighted by Gasteiger charge is -2.52. The van der Waals surface area contributed by atoms with Crippen molar-refractivity contribution >= 4 is 42.6 Å². The van der Waals surface area contributed by atoms with Gasteiger partial charge in [-0.3, -0.25) is 9.69 Å². The Morgan fingerprint density at radius 3 is 1.97 bits per heavy atom. The van der Waals surface area contributed by atoms with E-state index in [1.165, 1.54) is 0 Å². The molecule has 2 fully saturated rings. The highest BCUT2D eigenvalue weighted by Crippen LogP contribution is 2.38. The van der Waals surface area contributed by atoms with Crippen LogP contribution < -0.4 is 5.32 Å². The summed E-state index contributed by atoms with van der Waals surface area (Å²) >= 11 is 1.59. The lowest BCUT2D eigenvalue weighted by molar-refractivity contribution is -0.196. The van der Waals surface area contributed by atoms with Crippen molar-refractivity contribution in [2.24, 2.45) is 5.92 Å². The first-order valence-corrected chi connectivity index (χ1v) is 26.2. The average molecular weight is 623 g/mol. The molecule has 0 saturated carbocycles. The molecule has 0 aliphatic carbocycles. The summed E-state index contributed by atoms with van der Waals surface area (Å²) in [6.45, 7) is 24.4. The molecule has 2 aliphatic heterocycles. The molecule has 0 radical (unpaired) electrons. The van der Waals surface area contributed by atoms with Gasteiger partial charge in [0.15, 0.2) is 25.0 Å². The predicted octanol–water partition coefficient (Wildman–Crippen LogP) is 4.72. The van der Waals surface area contributed by atoms with Crippen molar-refractivity contribution in [3.8, 4) is 0 Å². The molecule has 2 heterocycles. The van der Waals surface area contributed by atoms with Gasteiger partial charge in [-0.05, 0) is 97.9 Å². The van der Waals surface area contributed by atoms with Gasteiger partial charge in [-0.25, -0.2) is 0 Å². The number of ether oxygens (including phenoxy) is 1. The molecule has 4 unspecified atom stereocenters. The highest BCUT2D eigenvalue weighted by molar-refractivity contribution is 7.99. The Hall–Kier alpha value is 0.231. The van der Waals surface area contributed by atoms with Crippen LogP contribution in [0, 0.1) is 5.92 Å². The Labute approximate surface area is 246 Å². The van der Waals surface area contributed by atoms with Crippen LogP contribution in [-0.2, 0) is 22.8 Å². The van der Waals surface area contributed by atoms with Gasteiger partial charge in [-0.2, -0.15) is 0 Å². The first kappa shape index (κ1) is 35.4. The van der Waals surface area contributed by atoms with Gasteiger partial charge in [0.05, 0.1) is 18.2 Å². The fourth-order valence-corrected chi connectivity index (χ4v) is 9.76. The van der Waals surface area contributed by atoms with E-state index in [1.54, 1.807) is 18.7 Å². The molecule has 0 bridgehead atoms. The smallest absolute Gasteiger partial charge is 0.237 e. The third kappa shape index (κ3) is 10.8. The second kappa shape index (κ2) is 14.1. The summed E-state index contributed by atoms with van der Waals surface area (Å²) in [5, 5.41) is 14.3. The van der Waals surface area contributed by atoms with E-state index in [0.717, 1.165) is 25.8 Å². The van der Waals surface area contributed by atoms with Gasteiger partial charge in [0.1, 0.15) is 29.9 Å². The van der Waals surface area contributed by atoms with Crippen LogP contribution in [0.4, 0.5) is 0 Å². The summed E-state index contributed by atoms with van der Waals surface area (Å²) in [7, 11) is -4.09. The average Bonchev–Trinajstić information content (AvgIpc) is 3.12. The number of aliphatic hydroxyl groups excluding tert-OH is 1. The number of hydrogen-bond acceptors (Lipinski definition) is 8. The Morgan fingerprint density at radius 1 is 1.00 bits per heavy atom. The predicted molar refractivity (Wildman–Crippen MR) is 170 cm³/mol. The monoisotopic (exact) mass is 622 g/mol. The summed E-state index contributed by atoms with van der Waals surface area (Å²) in [4.78, 5) is 15.8. The second-order valence-corrected chi connectivity index (χ2v) is 28.7. The number of nitrogens with one attached hydrogen (secondary N) is 1. The van der Waals surface area contributed by atoms with Crippen LogP contribution in [0.15, 0.2) is 0 Å². The summed E-state index contributed by atoms with van der Waals surface area (Å²) in [5.41, 5.74) is -0.314. The summed E-state index contributed by atoms with van der Waals surface area (Å²) in [5.74, 6) is 0.464. The number of carbonyl (C=O) groups is 1. The number of rotatable bonds is 13. The van der Waals surface area contributed by atoms with Crippen molar-refractivity contribution in [3.05, 3.63) is 0 Å². The van der Waals surface area contributed by atoms with E-state index < -0.39 is 49.3 Å². The SMILES string of the molecule is CCC[C@@H]1C[C@@H](C(=O)N[C@H]([C@@H](C)O)[C@H]2OC(SC)C(O[Si](C)(C)C)C(O[Si](C)(C)C)C2O[Si](C)(C)C)N(C)C1. The zero-order chi connectivity index (χ0) is 29.9.